The quantitative estimate of drug-likeness (QED) is 0.221. The maximum absolute atomic E-state index is 11.4. The van der Waals surface area contributed by atoms with Crippen LogP contribution in [0.1, 0.15) is 18.1 Å². The van der Waals surface area contributed by atoms with Crippen molar-refractivity contribution in [3.05, 3.63) is 41.2 Å². The monoisotopic (exact) mass is 263 g/mol. The Morgan fingerprint density at radius 1 is 1.47 bits per heavy atom. The Balaban J connectivity index is 2.96. The van der Waals surface area contributed by atoms with Crippen molar-refractivity contribution >= 4 is 12.2 Å². The number of nitrogens with zero attached hydrogens (tertiary/aromatic N) is 1. The highest BCUT2D eigenvalue weighted by molar-refractivity contribution is 5.86. The van der Waals surface area contributed by atoms with Crippen molar-refractivity contribution in [1.82, 2.24) is 0 Å². The summed E-state index contributed by atoms with van der Waals surface area (Å²) in [7, 11) is 1.30. The van der Waals surface area contributed by atoms with E-state index in [1.807, 2.05) is 19.1 Å². The molecule has 0 saturated heterocycles. The first-order valence-electron chi connectivity index (χ1n) is 5.80. The van der Waals surface area contributed by atoms with Gasteiger partial charge in [0.15, 0.2) is 0 Å². The summed E-state index contributed by atoms with van der Waals surface area (Å²) in [6, 6.07) is 5.57. The second kappa shape index (κ2) is 7.20. The van der Waals surface area contributed by atoms with Gasteiger partial charge in [0.25, 0.3) is 0 Å². The van der Waals surface area contributed by atoms with E-state index in [0.29, 0.717) is 12.2 Å². The summed E-state index contributed by atoms with van der Waals surface area (Å²) in [6.07, 6.45) is 3.41. The molecule has 0 bridgehead atoms. The number of oxime groups is 1. The van der Waals surface area contributed by atoms with Crippen LogP contribution in [0, 0.1) is 6.92 Å². The number of carbonyl (C=O) groups is 1. The van der Waals surface area contributed by atoms with Gasteiger partial charge in [-0.25, -0.2) is 4.79 Å². The third-order valence-electron chi connectivity index (χ3n) is 2.53. The Bertz CT molecular complexity index is 506. The average Bonchev–Trinajstić information content (AvgIpc) is 2.44. The van der Waals surface area contributed by atoms with Crippen LogP contribution in [0.2, 0.25) is 0 Å². The first-order valence-corrected chi connectivity index (χ1v) is 5.80. The molecular weight excluding hydrogens is 246 g/mol. The van der Waals surface area contributed by atoms with Crippen molar-refractivity contribution in [3.63, 3.8) is 0 Å². The summed E-state index contributed by atoms with van der Waals surface area (Å²) < 4.78 is 10.2. The fourth-order valence-electron chi connectivity index (χ4n) is 1.47. The van der Waals surface area contributed by atoms with Crippen molar-refractivity contribution < 1.29 is 19.5 Å². The van der Waals surface area contributed by atoms with Crippen LogP contribution in [-0.2, 0) is 16.0 Å². The lowest BCUT2D eigenvalue weighted by Crippen LogP contribution is -2.11. The fraction of sp³-hybridized carbons (Fsp3) is 0.286. The van der Waals surface area contributed by atoms with Crippen LogP contribution in [0.25, 0.3) is 0 Å². The third-order valence-corrected chi connectivity index (χ3v) is 2.53. The fourth-order valence-corrected chi connectivity index (χ4v) is 1.47. The highest BCUT2D eigenvalue weighted by atomic mass is 16.6. The summed E-state index contributed by atoms with van der Waals surface area (Å²) in [5.41, 5.74) is 1.81. The minimum absolute atomic E-state index is 0.138. The van der Waals surface area contributed by atoms with Crippen LogP contribution in [0.5, 0.6) is 5.75 Å². The molecular formula is C14H17NO4. The van der Waals surface area contributed by atoms with Gasteiger partial charge in [0.1, 0.15) is 5.75 Å². The molecule has 0 aromatic heterocycles. The summed E-state index contributed by atoms with van der Waals surface area (Å²) in [5, 5.41) is 11.4. The van der Waals surface area contributed by atoms with Gasteiger partial charge in [-0.05, 0) is 37.1 Å². The van der Waals surface area contributed by atoms with Crippen LogP contribution in [0.15, 0.2) is 35.2 Å². The van der Waals surface area contributed by atoms with Gasteiger partial charge in [-0.2, -0.15) is 0 Å². The van der Waals surface area contributed by atoms with Crippen LogP contribution < -0.4 is 4.74 Å². The van der Waals surface area contributed by atoms with Gasteiger partial charge in [0.05, 0.1) is 7.11 Å². The molecule has 1 aromatic carbocycles. The maximum atomic E-state index is 11.4. The smallest absolute Gasteiger partial charge is 0.373 e. The van der Waals surface area contributed by atoms with Crippen LogP contribution in [0.3, 0.4) is 0 Å². The van der Waals surface area contributed by atoms with E-state index < -0.39 is 5.97 Å². The van der Waals surface area contributed by atoms with Crippen molar-refractivity contribution in [1.29, 1.82) is 0 Å². The number of carbonyl (C=O) groups excluding carboxylic acids is 1. The Kier molecular flexibility index (Phi) is 5.60. The molecule has 19 heavy (non-hydrogen) atoms. The van der Waals surface area contributed by atoms with E-state index in [9.17, 15) is 4.79 Å². The molecule has 0 radical (unpaired) electrons. The van der Waals surface area contributed by atoms with Crippen LogP contribution in [0.4, 0.5) is 0 Å². The van der Waals surface area contributed by atoms with Gasteiger partial charge in [-0.15, -0.1) is 5.16 Å². The molecule has 5 nitrogen and oxygen atoms in total. The second-order valence-electron chi connectivity index (χ2n) is 3.85. The van der Waals surface area contributed by atoms with Gasteiger partial charge in [0, 0.05) is 12.6 Å². The topological polar surface area (TPSA) is 68.1 Å². The minimum Gasteiger partial charge on any atom is -0.463 e. The summed E-state index contributed by atoms with van der Waals surface area (Å²) in [4.78, 5) is 11.4. The van der Waals surface area contributed by atoms with Gasteiger partial charge in [-0.1, -0.05) is 12.1 Å². The lowest BCUT2D eigenvalue weighted by atomic mass is 10.1. The molecule has 0 unspecified atom stereocenters. The van der Waals surface area contributed by atoms with Crippen molar-refractivity contribution in [2.45, 2.75) is 20.3 Å². The molecule has 5 heteroatoms. The van der Waals surface area contributed by atoms with E-state index in [1.165, 1.54) is 13.3 Å². The van der Waals surface area contributed by atoms with E-state index in [0.717, 1.165) is 11.1 Å². The maximum Gasteiger partial charge on any atom is 0.373 e. The van der Waals surface area contributed by atoms with Crippen molar-refractivity contribution in [2.75, 3.05) is 7.11 Å². The van der Waals surface area contributed by atoms with Gasteiger partial charge >= 0.3 is 5.97 Å². The Morgan fingerprint density at radius 2 is 2.21 bits per heavy atom. The van der Waals surface area contributed by atoms with Crippen molar-refractivity contribution in [2.24, 2.45) is 5.16 Å². The zero-order valence-corrected chi connectivity index (χ0v) is 11.2. The normalized spacial score (nSPS) is 11.6. The molecule has 1 aromatic rings. The molecule has 1 N–H and O–H groups in total. The molecule has 102 valence electrons. The van der Waals surface area contributed by atoms with E-state index in [2.05, 4.69) is 9.89 Å². The Labute approximate surface area is 112 Å². The van der Waals surface area contributed by atoms with E-state index in [1.54, 1.807) is 19.1 Å². The third kappa shape index (κ3) is 4.13. The summed E-state index contributed by atoms with van der Waals surface area (Å²) >= 11 is 0. The highest BCUT2D eigenvalue weighted by Crippen LogP contribution is 2.22. The molecule has 0 heterocycles. The van der Waals surface area contributed by atoms with Gasteiger partial charge in [-0.3, -0.25) is 0 Å². The molecule has 0 fully saturated rings. The van der Waals surface area contributed by atoms with Gasteiger partial charge < -0.3 is 14.7 Å². The molecule has 0 atom stereocenters. The zero-order chi connectivity index (χ0) is 14.3. The van der Waals surface area contributed by atoms with E-state index >= 15 is 0 Å². The number of allylic oxidation sites excluding steroid dienone is 1. The average molecular weight is 263 g/mol. The SMILES string of the molecule is CC=C(Oc1cc(CC=NO)ccc1C)C(=O)OC. The molecule has 0 aliphatic rings. The largest absolute Gasteiger partial charge is 0.463 e. The van der Waals surface area contributed by atoms with Crippen LogP contribution >= 0.6 is 0 Å². The number of methoxy groups -OCH3 is 1. The standard InChI is InChI=1S/C14H17NO4/c1-4-12(14(16)18-3)19-13-9-11(7-8-15-17)6-5-10(13)2/h4-6,8-9,17H,7H2,1-3H3. The first kappa shape index (κ1) is 14.8. The molecule has 0 spiro atoms. The number of benzene rings is 1. The lowest BCUT2D eigenvalue weighted by Gasteiger charge is -2.11. The summed E-state index contributed by atoms with van der Waals surface area (Å²) in [6.45, 7) is 3.58. The van der Waals surface area contributed by atoms with Gasteiger partial charge in [0.2, 0.25) is 5.76 Å². The molecule has 0 aliphatic heterocycles. The minimum atomic E-state index is -0.524. The summed E-state index contributed by atoms with van der Waals surface area (Å²) in [5.74, 6) is 0.185. The highest BCUT2D eigenvalue weighted by Gasteiger charge is 2.12. The number of esters is 1. The number of hydrogen-bond acceptors (Lipinski definition) is 5. The van der Waals surface area contributed by atoms with Crippen molar-refractivity contribution in [3.8, 4) is 5.75 Å². The number of hydrogen-bond donors (Lipinski definition) is 1. The number of rotatable bonds is 5. The second-order valence-corrected chi connectivity index (χ2v) is 3.85. The molecule has 0 aliphatic carbocycles. The molecule has 0 saturated carbocycles. The Hall–Kier alpha value is -2.30. The predicted octanol–water partition coefficient (Wildman–Crippen LogP) is 2.45. The van der Waals surface area contributed by atoms with E-state index in [4.69, 9.17) is 9.94 Å². The van der Waals surface area contributed by atoms with E-state index in [-0.39, 0.29) is 5.76 Å². The molecule has 0 amide bonds. The predicted molar refractivity (Wildman–Crippen MR) is 71.6 cm³/mol. The molecule has 1 rings (SSSR count). The van der Waals surface area contributed by atoms with Crippen LogP contribution in [-0.4, -0.2) is 24.5 Å². The number of ether oxygens (including phenoxy) is 2. The Morgan fingerprint density at radius 3 is 2.79 bits per heavy atom. The zero-order valence-electron chi connectivity index (χ0n) is 11.2. The number of aryl methyl sites for hydroxylation is 1. The first-order chi connectivity index (χ1) is 9.12. The lowest BCUT2D eigenvalue weighted by molar-refractivity contribution is -0.138.